The fourth-order valence-corrected chi connectivity index (χ4v) is 5.84. The minimum absolute atomic E-state index is 0.0171. The molecule has 1 spiro atoms. The van der Waals surface area contributed by atoms with E-state index >= 15 is 0 Å². The molecule has 2 aliphatic heterocycles. The standard InChI is InChI=1S/C23H25Cl2N5OS/c24-18-4-2-17(10-19(18)25)13-29-9-7-23(14-29)6-1-8-30(15-23)22(31)26-12-16-3-5-20-21(11-16)28-32-27-20/h2-5,10-11H,1,6-9,12-15H2,(H,26,31). The Hall–Kier alpha value is -1.93. The number of nitrogens with one attached hydrogen (secondary N) is 1. The number of rotatable bonds is 4. The van der Waals surface area contributed by atoms with E-state index in [2.05, 4.69) is 19.0 Å². The van der Waals surface area contributed by atoms with Crippen molar-refractivity contribution < 1.29 is 4.79 Å². The van der Waals surface area contributed by atoms with E-state index in [0.29, 0.717) is 16.6 Å². The van der Waals surface area contributed by atoms with Crippen LogP contribution in [0.15, 0.2) is 36.4 Å². The molecule has 3 aromatic rings. The highest BCUT2D eigenvalue weighted by atomic mass is 35.5. The van der Waals surface area contributed by atoms with Gasteiger partial charge in [-0.25, -0.2) is 4.79 Å². The first-order valence-corrected chi connectivity index (χ1v) is 12.4. The van der Waals surface area contributed by atoms with Crippen LogP contribution in [0, 0.1) is 5.41 Å². The Morgan fingerprint density at radius 1 is 1.00 bits per heavy atom. The smallest absolute Gasteiger partial charge is 0.317 e. The third kappa shape index (κ3) is 4.71. The van der Waals surface area contributed by atoms with E-state index in [4.69, 9.17) is 23.2 Å². The molecule has 6 nitrogen and oxygen atoms in total. The maximum atomic E-state index is 12.9. The van der Waals surface area contributed by atoms with Gasteiger partial charge in [-0.2, -0.15) is 8.75 Å². The summed E-state index contributed by atoms with van der Waals surface area (Å²) in [7, 11) is 0. The average Bonchev–Trinajstić information content (AvgIpc) is 3.41. The lowest BCUT2D eigenvalue weighted by Crippen LogP contribution is -2.50. The Kier molecular flexibility index (Phi) is 6.25. The number of carbonyl (C=O) groups is 1. The van der Waals surface area contributed by atoms with Crippen molar-refractivity contribution in [3.63, 3.8) is 0 Å². The van der Waals surface area contributed by atoms with Gasteiger partial charge in [-0.1, -0.05) is 35.3 Å². The Bertz CT molecular complexity index is 1140. The van der Waals surface area contributed by atoms with Crippen molar-refractivity contribution in [1.29, 1.82) is 0 Å². The number of aromatic nitrogens is 2. The molecular formula is C23H25Cl2N5OS. The largest absolute Gasteiger partial charge is 0.334 e. The van der Waals surface area contributed by atoms with Crippen molar-refractivity contribution in [3.8, 4) is 0 Å². The first-order valence-electron chi connectivity index (χ1n) is 10.9. The third-order valence-corrected chi connectivity index (χ3v) is 7.91. The van der Waals surface area contributed by atoms with Gasteiger partial charge in [-0.05, 0) is 61.2 Å². The van der Waals surface area contributed by atoms with E-state index in [1.54, 1.807) is 0 Å². The Morgan fingerprint density at radius 2 is 1.84 bits per heavy atom. The number of halogens is 2. The van der Waals surface area contributed by atoms with Gasteiger partial charge in [0.25, 0.3) is 0 Å². The first-order chi connectivity index (χ1) is 15.5. The van der Waals surface area contributed by atoms with Crippen LogP contribution in [0.4, 0.5) is 4.79 Å². The van der Waals surface area contributed by atoms with Crippen molar-refractivity contribution in [2.24, 2.45) is 5.41 Å². The molecule has 0 radical (unpaired) electrons. The van der Waals surface area contributed by atoms with Gasteiger partial charge in [0.15, 0.2) is 0 Å². The van der Waals surface area contributed by atoms with Gasteiger partial charge in [0.2, 0.25) is 0 Å². The second-order valence-corrected chi connectivity index (χ2v) is 10.3. The lowest BCUT2D eigenvalue weighted by molar-refractivity contribution is 0.107. The molecule has 1 N–H and O–H groups in total. The molecule has 2 saturated heterocycles. The molecule has 1 aromatic heterocycles. The summed E-state index contributed by atoms with van der Waals surface area (Å²) in [6.45, 7) is 5.03. The molecule has 32 heavy (non-hydrogen) atoms. The molecule has 168 valence electrons. The van der Waals surface area contributed by atoms with Crippen molar-refractivity contribution in [1.82, 2.24) is 23.9 Å². The fraction of sp³-hybridized carbons (Fsp3) is 0.435. The summed E-state index contributed by atoms with van der Waals surface area (Å²) in [5.41, 5.74) is 4.17. The van der Waals surface area contributed by atoms with Crippen LogP contribution in [0.2, 0.25) is 10.0 Å². The zero-order chi connectivity index (χ0) is 22.1. The summed E-state index contributed by atoms with van der Waals surface area (Å²) in [6, 6.07) is 11.8. The molecule has 1 unspecified atom stereocenters. The van der Waals surface area contributed by atoms with Crippen LogP contribution in [0.3, 0.4) is 0 Å². The highest BCUT2D eigenvalue weighted by Crippen LogP contribution is 2.39. The van der Waals surface area contributed by atoms with Gasteiger partial charge >= 0.3 is 6.03 Å². The van der Waals surface area contributed by atoms with Crippen LogP contribution in [0.5, 0.6) is 0 Å². The number of carbonyl (C=O) groups excluding carboxylic acids is 1. The van der Waals surface area contributed by atoms with Crippen LogP contribution in [-0.4, -0.2) is 50.8 Å². The van der Waals surface area contributed by atoms with Gasteiger partial charge in [0.05, 0.1) is 21.8 Å². The molecular weight excluding hydrogens is 465 g/mol. The van der Waals surface area contributed by atoms with Crippen LogP contribution >= 0.6 is 34.9 Å². The number of piperidine rings is 1. The van der Waals surface area contributed by atoms with Gasteiger partial charge in [0, 0.05) is 38.1 Å². The molecule has 2 aromatic carbocycles. The highest BCUT2D eigenvalue weighted by molar-refractivity contribution is 7.00. The SMILES string of the molecule is O=C(NCc1ccc2nsnc2c1)N1CCCC2(CCN(Cc3ccc(Cl)c(Cl)c3)C2)C1. The normalized spacial score (nSPS) is 21.5. The monoisotopic (exact) mass is 489 g/mol. The molecule has 0 bridgehead atoms. The number of nitrogens with zero attached hydrogens (tertiary/aromatic N) is 4. The third-order valence-electron chi connectivity index (χ3n) is 6.62. The Morgan fingerprint density at radius 3 is 2.72 bits per heavy atom. The van der Waals surface area contributed by atoms with E-state index in [-0.39, 0.29) is 11.4 Å². The lowest BCUT2D eigenvalue weighted by Gasteiger charge is -2.40. The van der Waals surface area contributed by atoms with Gasteiger partial charge in [-0.15, -0.1) is 0 Å². The van der Waals surface area contributed by atoms with E-state index < -0.39 is 0 Å². The molecule has 3 heterocycles. The summed E-state index contributed by atoms with van der Waals surface area (Å²) in [6.07, 6.45) is 3.33. The second kappa shape index (κ2) is 9.14. The Balaban J connectivity index is 1.17. The predicted molar refractivity (Wildman–Crippen MR) is 129 cm³/mol. The van der Waals surface area contributed by atoms with Gasteiger partial charge < -0.3 is 10.2 Å². The van der Waals surface area contributed by atoms with E-state index in [0.717, 1.165) is 62.2 Å². The molecule has 5 rings (SSSR count). The molecule has 0 aliphatic carbocycles. The van der Waals surface area contributed by atoms with Crippen LogP contribution < -0.4 is 5.32 Å². The summed E-state index contributed by atoms with van der Waals surface area (Å²) >= 11 is 13.4. The quantitative estimate of drug-likeness (QED) is 0.547. The highest BCUT2D eigenvalue weighted by Gasteiger charge is 2.42. The molecule has 0 saturated carbocycles. The summed E-state index contributed by atoms with van der Waals surface area (Å²) in [4.78, 5) is 17.4. The minimum Gasteiger partial charge on any atom is -0.334 e. The van der Waals surface area contributed by atoms with E-state index in [1.807, 2.05) is 41.3 Å². The number of likely N-dealkylation sites (tertiary alicyclic amines) is 2. The molecule has 1 atom stereocenters. The fourth-order valence-electron chi connectivity index (χ4n) is 5.00. The van der Waals surface area contributed by atoms with Crippen LogP contribution in [0.1, 0.15) is 30.4 Å². The van der Waals surface area contributed by atoms with Crippen LogP contribution in [0.25, 0.3) is 11.0 Å². The van der Waals surface area contributed by atoms with Crippen molar-refractivity contribution in [2.45, 2.75) is 32.4 Å². The van der Waals surface area contributed by atoms with Crippen molar-refractivity contribution in [2.75, 3.05) is 26.2 Å². The zero-order valence-corrected chi connectivity index (χ0v) is 20.0. The topological polar surface area (TPSA) is 61.4 Å². The average molecular weight is 490 g/mol. The van der Waals surface area contributed by atoms with Crippen LogP contribution in [-0.2, 0) is 13.1 Å². The van der Waals surface area contributed by atoms with E-state index in [9.17, 15) is 4.79 Å². The van der Waals surface area contributed by atoms with Crippen molar-refractivity contribution in [3.05, 3.63) is 57.6 Å². The summed E-state index contributed by atoms with van der Waals surface area (Å²) in [5, 5.41) is 4.28. The number of hydrogen-bond donors (Lipinski definition) is 1. The van der Waals surface area contributed by atoms with Crippen molar-refractivity contribution >= 4 is 52.0 Å². The first kappa shape index (κ1) is 21.9. The van der Waals surface area contributed by atoms with Gasteiger partial charge in [0.1, 0.15) is 11.0 Å². The molecule has 2 amide bonds. The second-order valence-electron chi connectivity index (χ2n) is 8.98. The number of urea groups is 1. The summed E-state index contributed by atoms with van der Waals surface area (Å²) < 4.78 is 8.51. The molecule has 2 fully saturated rings. The minimum atomic E-state index is 0.0171. The maximum absolute atomic E-state index is 12.9. The molecule has 2 aliphatic rings. The lowest BCUT2D eigenvalue weighted by atomic mass is 9.79. The number of fused-ring (bicyclic) bond motifs is 1. The maximum Gasteiger partial charge on any atom is 0.317 e. The number of hydrogen-bond acceptors (Lipinski definition) is 5. The predicted octanol–water partition coefficient (Wildman–Crippen LogP) is 5.20. The molecule has 9 heteroatoms. The number of benzene rings is 2. The summed E-state index contributed by atoms with van der Waals surface area (Å²) in [5.74, 6) is 0. The zero-order valence-electron chi connectivity index (χ0n) is 17.7. The Labute approximate surface area is 201 Å². The van der Waals surface area contributed by atoms with E-state index in [1.165, 1.54) is 23.7 Å². The van der Waals surface area contributed by atoms with Gasteiger partial charge in [-0.3, -0.25) is 4.90 Å². The number of amides is 2.